The normalized spacial score (nSPS) is 54.0. The van der Waals surface area contributed by atoms with Gasteiger partial charge in [-0.1, -0.05) is 11.9 Å². The van der Waals surface area contributed by atoms with Crippen LogP contribution in [0.1, 0.15) is 20.3 Å². The summed E-state index contributed by atoms with van der Waals surface area (Å²) in [6.07, 6.45) is 1.25. The van der Waals surface area contributed by atoms with Gasteiger partial charge in [0, 0.05) is 20.4 Å². The Balaban J connectivity index is 2.50. The van der Waals surface area contributed by atoms with Crippen molar-refractivity contribution in [2.24, 2.45) is 0 Å². The summed E-state index contributed by atoms with van der Waals surface area (Å²) in [5.41, 5.74) is 0.458. The molecule has 0 aromatic carbocycles. The van der Waals surface area contributed by atoms with Crippen LogP contribution < -0.4 is 5.01 Å². The van der Waals surface area contributed by atoms with E-state index in [-0.39, 0.29) is 0 Å². The fraction of sp³-hybridized carbons (Fsp3) is 1.00. The lowest BCUT2D eigenvalue weighted by Crippen LogP contribution is -2.95. The zero-order chi connectivity index (χ0) is 6.36. The maximum Gasteiger partial charge on any atom is 0.210 e. The largest absolute Gasteiger partial charge is 0.231 e. The predicted octanol–water partition coefficient (Wildman–Crippen LogP) is -0.512. The van der Waals surface area contributed by atoms with E-state index in [1.165, 1.54) is 11.4 Å². The highest BCUT2D eigenvalue weighted by Crippen LogP contribution is 2.15. The summed E-state index contributed by atoms with van der Waals surface area (Å²) < 4.78 is 0. The molecule has 1 aliphatic rings. The lowest BCUT2D eigenvalue weighted by molar-refractivity contribution is -0.831. The van der Waals surface area contributed by atoms with E-state index in [9.17, 15) is 0 Å². The van der Waals surface area contributed by atoms with E-state index in [2.05, 4.69) is 33.0 Å². The number of quaternary nitrogens is 1. The molecule has 1 saturated heterocycles. The first-order chi connectivity index (χ1) is 3.63. The van der Waals surface area contributed by atoms with Crippen LogP contribution in [0.15, 0.2) is 0 Å². The maximum atomic E-state index is 2.33. The number of hydrogen-bond acceptors (Lipinski definition) is 1. The lowest BCUT2D eigenvalue weighted by atomic mass is 10.2. The summed E-state index contributed by atoms with van der Waals surface area (Å²) in [4.78, 5) is 0. The molecule has 0 aromatic rings. The molecule has 2 nitrogen and oxygen atoms in total. The molecule has 0 spiro atoms. The van der Waals surface area contributed by atoms with Crippen molar-refractivity contribution in [2.75, 3.05) is 14.1 Å². The molecule has 0 bridgehead atoms. The molecule has 1 N–H and O–H groups in total. The van der Waals surface area contributed by atoms with E-state index in [0.29, 0.717) is 5.66 Å². The number of rotatable bonds is 1. The number of hydrogen-bond donors (Lipinski definition) is 1. The van der Waals surface area contributed by atoms with Gasteiger partial charge in [-0.3, -0.25) is 0 Å². The fourth-order valence-corrected chi connectivity index (χ4v) is 1.19. The van der Waals surface area contributed by atoms with E-state index in [1.54, 1.807) is 0 Å². The standard InChI is InChI=1S/C6H14N2/c1-5-6(2)7(3)8(6)4/h5H2,1-4H3/p+1. The Morgan fingerprint density at radius 1 is 1.62 bits per heavy atom. The predicted molar refractivity (Wildman–Crippen MR) is 33.3 cm³/mol. The summed E-state index contributed by atoms with van der Waals surface area (Å²) in [5, 5.41) is 3.85. The van der Waals surface area contributed by atoms with Crippen LogP contribution in [-0.4, -0.2) is 24.8 Å². The van der Waals surface area contributed by atoms with E-state index in [4.69, 9.17) is 0 Å². The fourth-order valence-electron chi connectivity index (χ4n) is 1.19. The zero-order valence-corrected chi connectivity index (χ0v) is 6.15. The monoisotopic (exact) mass is 115 g/mol. The average molecular weight is 115 g/mol. The SMILES string of the molecule is CCC1(C)N(C)[NH+]1C. The van der Waals surface area contributed by atoms with Gasteiger partial charge in [-0.25, -0.2) is 5.01 Å². The second-order valence-corrected chi connectivity index (χ2v) is 2.77. The third-order valence-electron chi connectivity index (χ3n) is 2.66. The molecule has 8 heavy (non-hydrogen) atoms. The van der Waals surface area contributed by atoms with Gasteiger partial charge in [-0.15, -0.1) is 0 Å². The van der Waals surface area contributed by atoms with Crippen LogP contribution in [0.2, 0.25) is 0 Å². The van der Waals surface area contributed by atoms with Crippen molar-refractivity contribution in [1.82, 2.24) is 5.01 Å². The van der Waals surface area contributed by atoms with Crippen molar-refractivity contribution in [3.05, 3.63) is 0 Å². The van der Waals surface area contributed by atoms with E-state index >= 15 is 0 Å². The maximum absolute atomic E-state index is 2.33. The van der Waals surface area contributed by atoms with Crippen LogP contribution in [0.3, 0.4) is 0 Å². The van der Waals surface area contributed by atoms with Crippen LogP contribution in [0, 0.1) is 0 Å². The highest BCUT2D eigenvalue weighted by atomic mass is 15.9. The van der Waals surface area contributed by atoms with Crippen molar-refractivity contribution >= 4 is 0 Å². The molecule has 48 valence electrons. The highest BCUT2D eigenvalue weighted by Gasteiger charge is 2.57. The number of nitrogens with zero attached hydrogens (tertiary/aromatic N) is 1. The van der Waals surface area contributed by atoms with Crippen LogP contribution in [0.4, 0.5) is 0 Å². The van der Waals surface area contributed by atoms with Crippen molar-refractivity contribution in [3.8, 4) is 0 Å². The molecular weight excluding hydrogens is 100 g/mol. The summed E-state index contributed by atoms with van der Waals surface area (Å²) in [6.45, 7) is 4.51. The molecule has 3 unspecified atom stereocenters. The topological polar surface area (TPSA) is 7.45 Å². The van der Waals surface area contributed by atoms with Gasteiger partial charge in [-0.2, -0.15) is 0 Å². The second kappa shape index (κ2) is 1.45. The van der Waals surface area contributed by atoms with Gasteiger partial charge in [0.1, 0.15) is 0 Å². The van der Waals surface area contributed by atoms with Crippen LogP contribution in [0.25, 0.3) is 0 Å². The van der Waals surface area contributed by atoms with Gasteiger partial charge in [0.2, 0.25) is 5.66 Å². The molecule has 1 aliphatic heterocycles. The molecular formula is C6H15N2+. The van der Waals surface area contributed by atoms with Gasteiger partial charge in [0.05, 0.1) is 7.05 Å². The third-order valence-corrected chi connectivity index (χ3v) is 2.66. The molecule has 2 heteroatoms. The minimum Gasteiger partial charge on any atom is -0.231 e. The number of nitrogens with one attached hydrogen (secondary N) is 1. The van der Waals surface area contributed by atoms with Gasteiger partial charge in [0.15, 0.2) is 0 Å². The lowest BCUT2D eigenvalue weighted by Gasteiger charge is -1.92. The Hall–Kier alpha value is -0.0800. The first-order valence-electron chi connectivity index (χ1n) is 3.21. The van der Waals surface area contributed by atoms with Crippen LogP contribution in [-0.2, 0) is 0 Å². The molecule has 1 heterocycles. The minimum absolute atomic E-state index is 0.458. The molecule has 0 aliphatic carbocycles. The molecule has 0 radical (unpaired) electrons. The summed E-state index contributed by atoms with van der Waals surface area (Å²) in [7, 11) is 4.35. The Bertz CT molecular complexity index is 92.7. The molecule has 1 fully saturated rings. The first-order valence-corrected chi connectivity index (χ1v) is 3.21. The van der Waals surface area contributed by atoms with Gasteiger partial charge >= 0.3 is 0 Å². The highest BCUT2D eigenvalue weighted by molar-refractivity contribution is 4.72. The van der Waals surface area contributed by atoms with E-state index < -0.39 is 0 Å². The Kier molecular flexibility index (Phi) is 1.10. The summed E-state index contributed by atoms with van der Waals surface area (Å²) >= 11 is 0. The van der Waals surface area contributed by atoms with E-state index in [1.807, 2.05) is 0 Å². The van der Waals surface area contributed by atoms with Gasteiger partial charge in [0.25, 0.3) is 0 Å². The Labute approximate surface area is 51.0 Å². The second-order valence-electron chi connectivity index (χ2n) is 2.77. The zero-order valence-electron chi connectivity index (χ0n) is 6.15. The Morgan fingerprint density at radius 3 is 2.00 bits per heavy atom. The van der Waals surface area contributed by atoms with Crippen molar-refractivity contribution in [3.63, 3.8) is 0 Å². The molecule has 0 saturated carbocycles. The summed E-state index contributed by atoms with van der Waals surface area (Å²) in [5.74, 6) is 0. The first kappa shape index (κ1) is 6.05. The van der Waals surface area contributed by atoms with Crippen molar-refractivity contribution in [2.45, 2.75) is 25.9 Å². The van der Waals surface area contributed by atoms with Crippen molar-refractivity contribution < 1.29 is 5.01 Å². The molecule has 1 rings (SSSR count). The molecule has 3 atom stereocenters. The molecule has 0 aromatic heterocycles. The van der Waals surface area contributed by atoms with Crippen LogP contribution in [0.5, 0.6) is 0 Å². The minimum atomic E-state index is 0.458. The molecule has 0 amide bonds. The van der Waals surface area contributed by atoms with Gasteiger partial charge < -0.3 is 0 Å². The van der Waals surface area contributed by atoms with E-state index in [0.717, 1.165) is 0 Å². The average Bonchev–Trinajstić information content (AvgIpc) is 2.22. The van der Waals surface area contributed by atoms with Crippen molar-refractivity contribution in [1.29, 1.82) is 0 Å². The third kappa shape index (κ3) is 0.501. The Morgan fingerprint density at radius 2 is 2.00 bits per heavy atom. The smallest absolute Gasteiger partial charge is 0.210 e. The van der Waals surface area contributed by atoms with Gasteiger partial charge in [-0.05, 0) is 0 Å². The van der Waals surface area contributed by atoms with Crippen LogP contribution >= 0.6 is 0 Å². The summed E-state index contributed by atoms with van der Waals surface area (Å²) in [6, 6.07) is 0. The quantitative estimate of drug-likeness (QED) is 0.452.